The number of ether oxygens (including phenoxy) is 1. The van der Waals surface area contributed by atoms with Gasteiger partial charge in [-0.25, -0.2) is 18.4 Å². The fraction of sp³-hybridized carbons (Fsp3) is 0.474. The number of benzene rings is 1. The van der Waals surface area contributed by atoms with Gasteiger partial charge in [0.2, 0.25) is 16.0 Å². The van der Waals surface area contributed by atoms with E-state index in [2.05, 4.69) is 9.97 Å². The highest BCUT2D eigenvalue weighted by atomic mass is 32.2. The third-order valence-corrected chi connectivity index (χ3v) is 6.81. The first-order chi connectivity index (χ1) is 12.8. The fourth-order valence-corrected chi connectivity index (χ4v) is 5.07. The van der Waals surface area contributed by atoms with E-state index in [1.54, 1.807) is 28.8 Å². The minimum absolute atomic E-state index is 0.0204. The van der Waals surface area contributed by atoms with Gasteiger partial charge in [-0.05, 0) is 49.9 Å². The zero-order valence-electron chi connectivity index (χ0n) is 16.2. The van der Waals surface area contributed by atoms with E-state index in [-0.39, 0.29) is 10.9 Å². The molecule has 1 aliphatic heterocycles. The number of hydrogen-bond acceptors (Lipinski definition) is 6. The second-order valence-corrected chi connectivity index (χ2v) is 8.89. The van der Waals surface area contributed by atoms with Gasteiger partial charge in [0.1, 0.15) is 10.6 Å². The molecule has 0 spiro atoms. The minimum Gasteiger partial charge on any atom is -0.495 e. The molecule has 0 aliphatic carbocycles. The van der Waals surface area contributed by atoms with Crippen molar-refractivity contribution < 1.29 is 13.2 Å². The highest BCUT2D eigenvalue weighted by Gasteiger charge is 2.34. The average Bonchev–Trinajstić information content (AvgIpc) is 2.68. The fourth-order valence-electron chi connectivity index (χ4n) is 3.31. The Morgan fingerprint density at radius 2 is 1.89 bits per heavy atom. The van der Waals surface area contributed by atoms with Gasteiger partial charge in [-0.2, -0.15) is 4.31 Å². The number of methoxy groups -OCH3 is 1. The Hall–Kier alpha value is -2.19. The largest absolute Gasteiger partial charge is 0.495 e. The number of piperidine rings is 1. The van der Waals surface area contributed by atoms with Gasteiger partial charge in [-0.1, -0.05) is 6.07 Å². The minimum atomic E-state index is -3.64. The first-order valence-corrected chi connectivity index (χ1v) is 10.4. The zero-order chi connectivity index (χ0) is 19.6. The lowest BCUT2D eigenvalue weighted by Crippen LogP contribution is -2.49. The van der Waals surface area contributed by atoms with Crippen LogP contribution in [0.4, 0.5) is 5.95 Å². The third-order valence-electron chi connectivity index (χ3n) is 4.93. The van der Waals surface area contributed by atoms with Gasteiger partial charge in [0.15, 0.2) is 0 Å². The summed E-state index contributed by atoms with van der Waals surface area (Å²) in [6.45, 7) is 4.71. The van der Waals surface area contributed by atoms with Crippen LogP contribution >= 0.6 is 0 Å². The summed E-state index contributed by atoms with van der Waals surface area (Å²) in [5.41, 5.74) is 1.87. The van der Waals surface area contributed by atoms with Crippen molar-refractivity contribution in [3.63, 3.8) is 0 Å². The van der Waals surface area contributed by atoms with Crippen molar-refractivity contribution in [1.82, 2.24) is 14.3 Å². The molecule has 0 bridgehead atoms. The number of rotatable bonds is 5. The molecule has 3 rings (SSSR count). The number of hydrogen-bond donors (Lipinski definition) is 0. The summed E-state index contributed by atoms with van der Waals surface area (Å²) in [7, 11) is -0.235. The second kappa shape index (κ2) is 7.82. The van der Waals surface area contributed by atoms with Crippen molar-refractivity contribution in [2.75, 3.05) is 32.1 Å². The van der Waals surface area contributed by atoms with Crippen molar-refractivity contribution in [2.24, 2.45) is 0 Å². The molecule has 2 heterocycles. The molecule has 1 unspecified atom stereocenters. The van der Waals surface area contributed by atoms with Crippen LogP contribution in [0, 0.1) is 13.8 Å². The molecule has 1 aromatic carbocycles. The van der Waals surface area contributed by atoms with Gasteiger partial charge in [-0.15, -0.1) is 0 Å². The summed E-state index contributed by atoms with van der Waals surface area (Å²) >= 11 is 0. The van der Waals surface area contributed by atoms with Gasteiger partial charge in [0, 0.05) is 38.6 Å². The van der Waals surface area contributed by atoms with Gasteiger partial charge in [-0.3, -0.25) is 0 Å². The van der Waals surface area contributed by atoms with Crippen molar-refractivity contribution in [3.8, 4) is 5.75 Å². The average molecular weight is 391 g/mol. The van der Waals surface area contributed by atoms with Gasteiger partial charge in [0.05, 0.1) is 7.11 Å². The number of anilines is 1. The quantitative estimate of drug-likeness (QED) is 0.780. The topological polar surface area (TPSA) is 75.6 Å². The molecule has 0 amide bonds. The van der Waals surface area contributed by atoms with E-state index in [0.717, 1.165) is 24.0 Å². The Labute approximate surface area is 161 Å². The summed E-state index contributed by atoms with van der Waals surface area (Å²) in [4.78, 5) is 10.9. The van der Waals surface area contributed by atoms with Crippen LogP contribution in [0.5, 0.6) is 5.75 Å². The van der Waals surface area contributed by atoms with E-state index in [0.29, 0.717) is 24.8 Å². The number of nitrogens with zero attached hydrogens (tertiary/aromatic N) is 4. The Morgan fingerprint density at radius 1 is 1.19 bits per heavy atom. The molecule has 2 aromatic rings. The Kier molecular flexibility index (Phi) is 5.67. The van der Waals surface area contributed by atoms with E-state index in [1.165, 1.54) is 7.11 Å². The lowest BCUT2D eigenvalue weighted by molar-refractivity contribution is 0.307. The summed E-state index contributed by atoms with van der Waals surface area (Å²) in [5, 5.41) is 0. The molecule has 0 saturated carbocycles. The predicted octanol–water partition coefficient (Wildman–Crippen LogP) is 2.39. The Balaban J connectivity index is 1.85. The van der Waals surface area contributed by atoms with Crippen LogP contribution in [0.3, 0.4) is 0 Å². The summed E-state index contributed by atoms with van der Waals surface area (Å²) < 4.78 is 33.4. The molecule has 146 valence electrons. The maximum absolute atomic E-state index is 13.3. The van der Waals surface area contributed by atoms with Crippen molar-refractivity contribution in [3.05, 3.63) is 41.7 Å². The SMILES string of the molecule is COc1ccc(C)cc1S(=O)(=O)N1CCCC(N(C)c2ncc(C)cn2)C1. The first kappa shape index (κ1) is 19.6. The lowest BCUT2D eigenvalue weighted by atomic mass is 10.1. The maximum atomic E-state index is 13.3. The molecule has 1 aromatic heterocycles. The molecule has 7 nitrogen and oxygen atoms in total. The van der Waals surface area contributed by atoms with Crippen LogP contribution in [-0.4, -0.2) is 56.0 Å². The van der Waals surface area contributed by atoms with Crippen LogP contribution in [0.15, 0.2) is 35.5 Å². The molecule has 0 N–H and O–H groups in total. The second-order valence-electron chi connectivity index (χ2n) is 6.98. The standard InChI is InChI=1S/C19H26N4O3S/c1-14-7-8-17(26-4)18(10-14)27(24,25)23-9-5-6-16(13-23)22(3)19-20-11-15(2)12-21-19/h7-8,10-12,16H,5-6,9,13H2,1-4H3. The summed E-state index contributed by atoms with van der Waals surface area (Å²) in [5.74, 6) is 0.982. The van der Waals surface area contributed by atoms with Gasteiger partial charge in [0.25, 0.3) is 0 Å². The number of aromatic nitrogens is 2. The molecule has 1 saturated heterocycles. The third kappa shape index (κ3) is 4.06. The molecular weight excluding hydrogens is 364 g/mol. The highest BCUT2D eigenvalue weighted by molar-refractivity contribution is 7.89. The monoisotopic (exact) mass is 390 g/mol. The van der Waals surface area contributed by atoms with Crippen LogP contribution in [0.2, 0.25) is 0 Å². The molecule has 0 radical (unpaired) electrons. The van der Waals surface area contributed by atoms with Crippen LogP contribution in [0.1, 0.15) is 24.0 Å². The summed E-state index contributed by atoms with van der Waals surface area (Å²) in [6.07, 6.45) is 5.22. The van der Waals surface area contributed by atoms with Gasteiger partial charge >= 0.3 is 0 Å². The van der Waals surface area contributed by atoms with E-state index in [9.17, 15) is 8.42 Å². The molecule has 8 heteroatoms. The molecule has 27 heavy (non-hydrogen) atoms. The van der Waals surface area contributed by atoms with E-state index >= 15 is 0 Å². The van der Waals surface area contributed by atoms with Crippen molar-refractivity contribution in [1.29, 1.82) is 0 Å². The molecule has 1 aliphatic rings. The molecule has 1 fully saturated rings. The van der Waals surface area contributed by atoms with Crippen LogP contribution in [0.25, 0.3) is 0 Å². The lowest BCUT2D eigenvalue weighted by Gasteiger charge is -2.37. The Morgan fingerprint density at radius 3 is 2.56 bits per heavy atom. The first-order valence-electron chi connectivity index (χ1n) is 8.99. The Bertz CT molecular complexity index is 900. The maximum Gasteiger partial charge on any atom is 0.246 e. The summed E-state index contributed by atoms with van der Waals surface area (Å²) in [6, 6.07) is 5.24. The van der Waals surface area contributed by atoms with Crippen LogP contribution in [-0.2, 0) is 10.0 Å². The smallest absolute Gasteiger partial charge is 0.246 e. The van der Waals surface area contributed by atoms with Crippen molar-refractivity contribution >= 4 is 16.0 Å². The van der Waals surface area contributed by atoms with E-state index in [4.69, 9.17) is 4.74 Å². The normalized spacial score (nSPS) is 18.3. The molecule has 1 atom stereocenters. The highest BCUT2D eigenvalue weighted by Crippen LogP contribution is 2.30. The van der Waals surface area contributed by atoms with E-state index in [1.807, 2.05) is 31.9 Å². The number of likely N-dealkylation sites (N-methyl/N-ethyl adjacent to an activating group) is 1. The van der Waals surface area contributed by atoms with Crippen LogP contribution < -0.4 is 9.64 Å². The number of aryl methyl sites for hydroxylation is 2. The zero-order valence-corrected chi connectivity index (χ0v) is 17.0. The molecular formula is C19H26N4O3S. The predicted molar refractivity (Wildman–Crippen MR) is 105 cm³/mol. The van der Waals surface area contributed by atoms with E-state index < -0.39 is 10.0 Å². The number of sulfonamides is 1. The van der Waals surface area contributed by atoms with Crippen molar-refractivity contribution in [2.45, 2.75) is 37.6 Å². The van der Waals surface area contributed by atoms with Gasteiger partial charge < -0.3 is 9.64 Å².